The summed E-state index contributed by atoms with van der Waals surface area (Å²) in [5, 5.41) is 13.1. The van der Waals surface area contributed by atoms with Gasteiger partial charge in [-0.15, -0.1) is 0 Å². The molecule has 1 unspecified atom stereocenters. The summed E-state index contributed by atoms with van der Waals surface area (Å²) in [7, 11) is 2.13. The van der Waals surface area contributed by atoms with Gasteiger partial charge < -0.3 is 25.4 Å². The lowest BCUT2D eigenvalue weighted by atomic mass is 9.98. The number of imide groups is 1. The van der Waals surface area contributed by atoms with E-state index in [0.717, 1.165) is 24.1 Å². The van der Waals surface area contributed by atoms with Crippen molar-refractivity contribution in [3.05, 3.63) is 88.9 Å². The third-order valence-electron chi connectivity index (χ3n) is 7.67. The number of quaternary nitrogens is 1. The fourth-order valence-corrected chi connectivity index (χ4v) is 5.67. The van der Waals surface area contributed by atoms with Crippen LogP contribution in [0.5, 0.6) is 11.5 Å². The SMILES string of the molecule is CC(C)C(=O)Oc1ccc(NC(=O)N(C(=O)[C@@H](N)Cc2ccc(O)cc2)[C@H]2CCC[N+](C)(Cc3cccc(Cl)c3)C2)cc1. The van der Waals surface area contributed by atoms with Gasteiger partial charge in [0, 0.05) is 16.3 Å². The smallest absolute Gasteiger partial charge is 0.329 e. The summed E-state index contributed by atoms with van der Waals surface area (Å²) in [6.45, 7) is 5.65. The van der Waals surface area contributed by atoms with Crippen LogP contribution in [0.2, 0.25) is 5.02 Å². The molecule has 0 aliphatic carbocycles. The van der Waals surface area contributed by atoms with Gasteiger partial charge in [0.15, 0.2) is 0 Å². The van der Waals surface area contributed by atoms with Crippen molar-refractivity contribution in [1.29, 1.82) is 0 Å². The fourth-order valence-electron chi connectivity index (χ4n) is 5.45. The number of nitrogens with zero attached hydrogens (tertiary/aromatic N) is 2. The Morgan fingerprint density at radius 1 is 1.07 bits per heavy atom. The minimum absolute atomic E-state index is 0.119. The number of piperidine rings is 1. The van der Waals surface area contributed by atoms with Crippen LogP contribution in [-0.4, -0.2) is 64.6 Å². The second-order valence-corrected chi connectivity index (χ2v) is 12.3. The maximum Gasteiger partial charge on any atom is 0.329 e. The molecule has 4 rings (SSSR count). The molecule has 1 aliphatic heterocycles. The molecular weight excluding hydrogens is 568 g/mol. The maximum atomic E-state index is 13.9. The minimum atomic E-state index is -0.971. The number of benzene rings is 3. The number of phenolic OH excluding ortho intramolecular Hbond substituents is 1. The van der Waals surface area contributed by atoms with Crippen LogP contribution in [0.15, 0.2) is 72.8 Å². The largest absolute Gasteiger partial charge is 0.508 e. The number of rotatable bonds is 9. The number of amides is 3. The summed E-state index contributed by atoms with van der Waals surface area (Å²) < 4.78 is 5.96. The van der Waals surface area contributed by atoms with Crippen molar-refractivity contribution in [2.45, 2.75) is 51.7 Å². The topological polar surface area (TPSA) is 122 Å². The molecule has 0 bridgehead atoms. The van der Waals surface area contributed by atoms with Crippen LogP contribution >= 0.6 is 11.6 Å². The minimum Gasteiger partial charge on any atom is -0.508 e. The molecule has 1 aliphatic rings. The van der Waals surface area contributed by atoms with Gasteiger partial charge in [-0.05, 0) is 73.4 Å². The van der Waals surface area contributed by atoms with E-state index >= 15 is 0 Å². The van der Waals surface area contributed by atoms with Gasteiger partial charge in [0.25, 0.3) is 0 Å². The number of hydrogen-bond acceptors (Lipinski definition) is 6. The van der Waals surface area contributed by atoms with Crippen LogP contribution in [0.1, 0.15) is 37.8 Å². The fraction of sp³-hybridized carbons (Fsp3) is 0.364. The van der Waals surface area contributed by atoms with Crippen LogP contribution in [-0.2, 0) is 22.6 Å². The molecule has 228 valence electrons. The van der Waals surface area contributed by atoms with Crippen molar-refractivity contribution >= 4 is 35.2 Å². The van der Waals surface area contributed by atoms with Gasteiger partial charge in [0.2, 0.25) is 5.91 Å². The van der Waals surface area contributed by atoms with Gasteiger partial charge in [-0.3, -0.25) is 14.5 Å². The number of carbonyl (C=O) groups excluding carboxylic acids is 3. The lowest BCUT2D eigenvalue weighted by molar-refractivity contribution is -0.928. The summed E-state index contributed by atoms with van der Waals surface area (Å²) in [5.41, 5.74) is 8.73. The highest BCUT2D eigenvalue weighted by atomic mass is 35.5. The van der Waals surface area contributed by atoms with Crippen molar-refractivity contribution < 1.29 is 28.7 Å². The van der Waals surface area contributed by atoms with E-state index in [-0.39, 0.29) is 30.1 Å². The lowest BCUT2D eigenvalue weighted by Crippen LogP contribution is -2.62. The molecule has 3 aromatic rings. The highest BCUT2D eigenvalue weighted by Gasteiger charge is 2.40. The van der Waals surface area contributed by atoms with E-state index in [1.807, 2.05) is 24.3 Å². The summed E-state index contributed by atoms with van der Waals surface area (Å²) >= 11 is 6.24. The molecule has 0 radical (unpaired) electrons. The van der Waals surface area contributed by atoms with Crippen molar-refractivity contribution in [1.82, 2.24) is 4.90 Å². The standard InChI is InChI=1S/C33H39ClN4O5/c1-22(2)32(41)43-29-15-11-26(12-16-29)36-33(42)37(31(40)30(35)19-23-9-13-28(39)14-10-23)27-8-5-17-38(3,21-27)20-24-6-4-7-25(34)18-24/h4,6-7,9-16,18,22,27,30H,5,8,17,19-21,35H2,1-3H3,(H-,36,39,42)/p+1/t27-,30-,38?/m0/s1. The maximum absolute atomic E-state index is 13.9. The lowest BCUT2D eigenvalue weighted by Gasteiger charge is -2.44. The second kappa shape index (κ2) is 14.0. The van der Waals surface area contributed by atoms with E-state index in [0.29, 0.717) is 40.5 Å². The Labute approximate surface area is 257 Å². The van der Waals surface area contributed by atoms with E-state index in [9.17, 15) is 19.5 Å². The Morgan fingerprint density at radius 3 is 2.42 bits per heavy atom. The molecule has 43 heavy (non-hydrogen) atoms. The van der Waals surface area contributed by atoms with Crippen LogP contribution in [0.25, 0.3) is 0 Å². The van der Waals surface area contributed by atoms with Crippen LogP contribution in [0, 0.1) is 5.92 Å². The van der Waals surface area contributed by atoms with E-state index in [1.54, 1.807) is 62.4 Å². The average molecular weight is 608 g/mol. The molecule has 9 nitrogen and oxygen atoms in total. The summed E-state index contributed by atoms with van der Waals surface area (Å²) in [5.74, 6) is -0.625. The quantitative estimate of drug-likeness (QED) is 0.171. The number of likely N-dealkylation sites (tertiary alicyclic amines) is 1. The number of likely N-dealkylation sites (N-methyl/N-ethyl adjacent to an activating group) is 1. The molecule has 3 aromatic carbocycles. The Balaban J connectivity index is 1.55. The zero-order valence-electron chi connectivity index (χ0n) is 24.8. The number of nitrogens with one attached hydrogen (secondary N) is 1. The number of halogens is 1. The summed E-state index contributed by atoms with van der Waals surface area (Å²) in [6, 6.07) is 18.7. The van der Waals surface area contributed by atoms with Crippen molar-refractivity contribution in [2.24, 2.45) is 11.7 Å². The highest BCUT2D eigenvalue weighted by molar-refractivity contribution is 6.30. The third kappa shape index (κ3) is 8.79. The van der Waals surface area contributed by atoms with Gasteiger partial charge in [0.05, 0.1) is 31.6 Å². The van der Waals surface area contributed by atoms with Crippen LogP contribution in [0.3, 0.4) is 0 Å². The molecule has 0 saturated carbocycles. The number of ether oxygens (including phenoxy) is 1. The number of carbonyl (C=O) groups is 3. The van der Waals surface area contributed by atoms with Crippen LogP contribution < -0.4 is 15.8 Å². The predicted molar refractivity (Wildman–Crippen MR) is 167 cm³/mol. The predicted octanol–water partition coefficient (Wildman–Crippen LogP) is 5.35. The first-order valence-electron chi connectivity index (χ1n) is 14.5. The summed E-state index contributed by atoms with van der Waals surface area (Å²) in [6.07, 6.45) is 1.68. The number of urea groups is 1. The zero-order chi connectivity index (χ0) is 31.1. The Bertz CT molecular complexity index is 1430. The molecule has 4 N–H and O–H groups in total. The van der Waals surface area contributed by atoms with Gasteiger partial charge in [0.1, 0.15) is 24.6 Å². The molecule has 1 fully saturated rings. The molecule has 3 atom stereocenters. The second-order valence-electron chi connectivity index (χ2n) is 11.8. The monoisotopic (exact) mass is 607 g/mol. The van der Waals surface area contributed by atoms with Crippen LogP contribution in [0.4, 0.5) is 10.5 Å². The summed E-state index contributed by atoms with van der Waals surface area (Å²) in [4.78, 5) is 40.9. The van der Waals surface area contributed by atoms with Gasteiger partial charge in [-0.2, -0.15) is 0 Å². The molecule has 0 aromatic heterocycles. The number of esters is 1. The number of aromatic hydroxyl groups is 1. The normalized spacial score (nSPS) is 19.0. The number of hydrogen-bond donors (Lipinski definition) is 3. The van der Waals surface area contributed by atoms with E-state index < -0.39 is 18.0 Å². The number of nitrogens with two attached hydrogens (primary N) is 1. The third-order valence-corrected chi connectivity index (χ3v) is 7.90. The molecule has 1 heterocycles. The first kappa shape index (κ1) is 32.0. The van der Waals surface area contributed by atoms with Crippen molar-refractivity contribution in [2.75, 3.05) is 25.5 Å². The number of anilines is 1. The van der Waals surface area contributed by atoms with E-state index in [2.05, 4.69) is 12.4 Å². The molecule has 3 amide bonds. The first-order chi connectivity index (χ1) is 20.4. The van der Waals surface area contributed by atoms with Gasteiger partial charge in [-0.25, -0.2) is 4.79 Å². The first-order valence-corrected chi connectivity index (χ1v) is 14.9. The molecule has 1 saturated heterocycles. The highest BCUT2D eigenvalue weighted by Crippen LogP contribution is 2.27. The van der Waals surface area contributed by atoms with Crippen molar-refractivity contribution in [3.63, 3.8) is 0 Å². The Kier molecular flexibility index (Phi) is 10.4. The molecular formula is C33H40ClN4O5+. The average Bonchev–Trinajstić information content (AvgIpc) is 2.95. The van der Waals surface area contributed by atoms with Crippen molar-refractivity contribution in [3.8, 4) is 11.5 Å². The Morgan fingerprint density at radius 2 is 1.77 bits per heavy atom. The van der Waals surface area contributed by atoms with E-state index in [1.165, 1.54) is 4.90 Å². The Hall–Kier alpha value is -3.92. The number of phenols is 1. The molecule has 10 heteroatoms. The van der Waals surface area contributed by atoms with Gasteiger partial charge in [-0.1, -0.05) is 49.7 Å². The molecule has 0 spiro atoms. The van der Waals surface area contributed by atoms with Gasteiger partial charge >= 0.3 is 12.0 Å². The zero-order valence-corrected chi connectivity index (χ0v) is 25.6. The van der Waals surface area contributed by atoms with E-state index in [4.69, 9.17) is 22.1 Å².